The highest BCUT2D eigenvalue weighted by Gasteiger charge is 2.15. The number of nitriles is 1. The van der Waals surface area contributed by atoms with Crippen LogP contribution in [0.2, 0.25) is 5.02 Å². The number of ether oxygens (including phenoxy) is 2. The molecule has 0 unspecified atom stereocenters. The number of fused-ring (bicyclic) bond motifs is 1. The molecule has 0 fully saturated rings. The lowest BCUT2D eigenvalue weighted by Gasteiger charge is -2.01. The third-order valence-corrected chi connectivity index (χ3v) is 4.06. The molecule has 2 aromatic carbocycles. The molecule has 0 N–H and O–H groups in total. The molecule has 0 spiro atoms. The van der Waals surface area contributed by atoms with E-state index < -0.39 is 0 Å². The van der Waals surface area contributed by atoms with Gasteiger partial charge in [0.05, 0.1) is 11.6 Å². The van der Waals surface area contributed by atoms with Crippen LogP contribution in [0, 0.1) is 11.3 Å². The van der Waals surface area contributed by atoms with Crippen molar-refractivity contribution in [1.82, 2.24) is 0 Å². The van der Waals surface area contributed by atoms with Gasteiger partial charge in [-0.3, -0.25) is 0 Å². The fourth-order valence-corrected chi connectivity index (χ4v) is 2.80. The molecule has 1 aliphatic heterocycles. The zero-order valence-electron chi connectivity index (χ0n) is 13.0. The van der Waals surface area contributed by atoms with E-state index in [1.54, 1.807) is 18.2 Å². The van der Waals surface area contributed by atoms with Gasteiger partial charge in [-0.1, -0.05) is 23.7 Å². The third kappa shape index (κ3) is 3.10. The molecule has 4 nitrogen and oxygen atoms in total. The summed E-state index contributed by atoms with van der Waals surface area (Å²) >= 11 is 6.02. The summed E-state index contributed by atoms with van der Waals surface area (Å²) in [6, 6.07) is 18.7. The maximum Gasteiger partial charge on any atom is 0.231 e. The van der Waals surface area contributed by atoms with Crippen LogP contribution < -0.4 is 9.47 Å². The average Bonchev–Trinajstić information content (AvgIpc) is 3.28. The van der Waals surface area contributed by atoms with Crippen molar-refractivity contribution < 1.29 is 13.9 Å². The van der Waals surface area contributed by atoms with Crippen LogP contribution in [0.15, 0.2) is 59.0 Å². The van der Waals surface area contributed by atoms with Crippen molar-refractivity contribution in [3.63, 3.8) is 0 Å². The molecule has 3 aromatic rings. The van der Waals surface area contributed by atoms with E-state index in [1.165, 1.54) is 0 Å². The lowest BCUT2D eigenvalue weighted by atomic mass is 10.1. The standard InChI is InChI=1S/C20H12ClNO3/c21-16-3-1-2-14(8-16)18-7-5-17(25-18)9-15(11-22)13-4-6-19-20(10-13)24-12-23-19/h1-10H,12H2/b15-9-. The highest BCUT2D eigenvalue weighted by Crippen LogP contribution is 2.35. The monoisotopic (exact) mass is 349 g/mol. The van der Waals surface area contributed by atoms with Gasteiger partial charge in [-0.05, 0) is 54.1 Å². The Labute approximate surface area is 149 Å². The molecular weight excluding hydrogens is 338 g/mol. The number of furan rings is 1. The van der Waals surface area contributed by atoms with Gasteiger partial charge in [0.15, 0.2) is 11.5 Å². The fourth-order valence-electron chi connectivity index (χ4n) is 2.61. The molecular formula is C20H12ClNO3. The summed E-state index contributed by atoms with van der Waals surface area (Å²) in [7, 11) is 0. The van der Waals surface area contributed by atoms with E-state index in [-0.39, 0.29) is 6.79 Å². The summed E-state index contributed by atoms with van der Waals surface area (Å²) in [4.78, 5) is 0. The van der Waals surface area contributed by atoms with Crippen LogP contribution in [0.3, 0.4) is 0 Å². The second-order valence-corrected chi connectivity index (χ2v) is 5.89. The third-order valence-electron chi connectivity index (χ3n) is 3.83. The fraction of sp³-hybridized carbons (Fsp3) is 0.0500. The van der Waals surface area contributed by atoms with Crippen LogP contribution >= 0.6 is 11.6 Å². The minimum Gasteiger partial charge on any atom is -0.457 e. The Morgan fingerprint density at radius 2 is 1.92 bits per heavy atom. The summed E-state index contributed by atoms with van der Waals surface area (Å²) in [5, 5.41) is 10.1. The van der Waals surface area contributed by atoms with Gasteiger partial charge in [0.2, 0.25) is 6.79 Å². The van der Waals surface area contributed by atoms with Crippen molar-refractivity contribution in [1.29, 1.82) is 5.26 Å². The molecule has 1 aliphatic rings. The number of allylic oxidation sites excluding steroid dienone is 1. The number of hydrogen-bond acceptors (Lipinski definition) is 4. The molecule has 2 heterocycles. The number of halogens is 1. The first-order valence-electron chi connectivity index (χ1n) is 7.60. The molecule has 0 radical (unpaired) electrons. The van der Waals surface area contributed by atoms with Gasteiger partial charge in [-0.15, -0.1) is 0 Å². The minimum atomic E-state index is 0.200. The van der Waals surface area contributed by atoms with Crippen LogP contribution in [-0.4, -0.2) is 6.79 Å². The maximum absolute atomic E-state index is 9.50. The topological polar surface area (TPSA) is 55.4 Å². The first-order chi connectivity index (χ1) is 12.2. The highest BCUT2D eigenvalue weighted by atomic mass is 35.5. The highest BCUT2D eigenvalue weighted by molar-refractivity contribution is 6.30. The molecule has 4 rings (SSSR count). The normalized spacial score (nSPS) is 12.9. The van der Waals surface area contributed by atoms with Crippen LogP contribution in [-0.2, 0) is 0 Å². The van der Waals surface area contributed by atoms with E-state index in [2.05, 4.69) is 6.07 Å². The van der Waals surface area contributed by atoms with Gasteiger partial charge >= 0.3 is 0 Å². The van der Waals surface area contributed by atoms with E-state index in [0.717, 1.165) is 11.1 Å². The Kier molecular flexibility index (Phi) is 3.93. The lowest BCUT2D eigenvalue weighted by molar-refractivity contribution is 0.174. The number of rotatable bonds is 3. The predicted molar refractivity (Wildman–Crippen MR) is 95.2 cm³/mol. The molecule has 1 aromatic heterocycles. The second kappa shape index (κ2) is 6.39. The van der Waals surface area contributed by atoms with Gasteiger partial charge in [0.1, 0.15) is 11.5 Å². The summed E-state index contributed by atoms with van der Waals surface area (Å²) in [6.45, 7) is 0.200. The Morgan fingerprint density at radius 1 is 1.04 bits per heavy atom. The molecule has 25 heavy (non-hydrogen) atoms. The second-order valence-electron chi connectivity index (χ2n) is 5.45. The Bertz CT molecular complexity index is 1010. The van der Waals surface area contributed by atoms with Crippen molar-refractivity contribution in [3.05, 3.63) is 70.9 Å². The number of hydrogen-bond donors (Lipinski definition) is 0. The molecule has 5 heteroatoms. The molecule has 0 aliphatic carbocycles. The van der Waals surface area contributed by atoms with E-state index in [0.29, 0.717) is 33.6 Å². The van der Waals surface area contributed by atoms with Gasteiger partial charge in [-0.25, -0.2) is 0 Å². The first kappa shape index (κ1) is 15.4. The first-order valence-corrected chi connectivity index (χ1v) is 7.98. The van der Waals surface area contributed by atoms with Crippen molar-refractivity contribution in [2.24, 2.45) is 0 Å². The van der Waals surface area contributed by atoms with Crippen LogP contribution in [0.25, 0.3) is 23.0 Å². The largest absolute Gasteiger partial charge is 0.457 e. The van der Waals surface area contributed by atoms with E-state index in [1.807, 2.05) is 42.5 Å². The lowest BCUT2D eigenvalue weighted by Crippen LogP contribution is -1.92. The van der Waals surface area contributed by atoms with Crippen molar-refractivity contribution in [2.45, 2.75) is 0 Å². The summed E-state index contributed by atoms with van der Waals surface area (Å²) in [5.41, 5.74) is 2.10. The zero-order valence-corrected chi connectivity index (χ0v) is 13.8. The smallest absolute Gasteiger partial charge is 0.231 e. The van der Waals surface area contributed by atoms with E-state index >= 15 is 0 Å². The number of benzene rings is 2. The summed E-state index contributed by atoms with van der Waals surface area (Å²) in [6.07, 6.45) is 1.70. The minimum absolute atomic E-state index is 0.200. The SMILES string of the molecule is N#C/C(=C/c1ccc(-c2cccc(Cl)c2)o1)c1ccc2c(c1)OCO2. The van der Waals surface area contributed by atoms with Crippen molar-refractivity contribution >= 4 is 23.3 Å². The number of nitrogens with zero attached hydrogens (tertiary/aromatic N) is 1. The molecule has 0 saturated heterocycles. The molecule has 0 saturated carbocycles. The molecule has 0 amide bonds. The van der Waals surface area contributed by atoms with Gasteiger partial charge in [-0.2, -0.15) is 5.26 Å². The van der Waals surface area contributed by atoms with Crippen LogP contribution in [0.4, 0.5) is 0 Å². The molecule has 0 atom stereocenters. The van der Waals surface area contributed by atoms with E-state index in [9.17, 15) is 5.26 Å². The Morgan fingerprint density at radius 3 is 2.76 bits per heavy atom. The summed E-state index contributed by atoms with van der Waals surface area (Å²) in [5.74, 6) is 2.60. The Hall–Kier alpha value is -3.16. The van der Waals surface area contributed by atoms with Crippen LogP contribution in [0.1, 0.15) is 11.3 Å². The Balaban J connectivity index is 1.66. The molecule has 122 valence electrons. The maximum atomic E-state index is 9.50. The van der Waals surface area contributed by atoms with Crippen molar-refractivity contribution in [2.75, 3.05) is 6.79 Å². The van der Waals surface area contributed by atoms with Gasteiger partial charge in [0.25, 0.3) is 0 Å². The predicted octanol–water partition coefficient (Wildman–Crippen LogP) is 5.39. The summed E-state index contributed by atoms with van der Waals surface area (Å²) < 4.78 is 16.5. The van der Waals surface area contributed by atoms with Gasteiger partial charge < -0.3 is 13.9 Å². The average molecular weight is 350 g/mol. The van der Waals surface area contributed by atoms with Crippen molar-refractivity contribution in [3.8, 4) is 28.9 Å². The zero-order chi connectivity index (χ0) is 17.2. The van der Waals surface area contributed by atoms with Crippen LogP contribution in [0.5, 0.6) is 11.5 Å². The molecule has 0 bridgehead atoms. The quantitative estimate of drug-likeness (QED) is 0.594. The van der Waals surface area contributed by atoms with E-state index in [4.69, 9.17) is 25.5 Å². The van der Waals surface area contributed by atoms with Gasteiger partial charge in [0, 0.05) is 10.6 Å².